The van der Waals surface area contributed by atoms with E-state index in [1.54, 1.807) is 0 Å². The quantitative estimate of drug-likeness (QED) is 0.781. The monoisotopic (exact) mass is 268 g/mol. The second kappa shape index (κ2) is 5.75. The molecule has 0 amide bonds. The fraction of sp³-hybridized carbons (Fsp3) is 0.500. The van der Waals surface area contributed by atoms with E-state index >= 15 is 0 Å². The smallest absolute Gasteiger partial charge is 0.170 e. The number of benzene rings is 1. The Morgan fingerprint density at radius 1 is 1.26 bits per heavy atom. The summed E-state index contributed by atoms with van der Waals surface area (Å²) in [5.74, 6) is -2.03. The zero-order chi connectivity index (χ0) is 14.0. The number of Topliss-reactive ketones (excluding diaryl/α,β-unsaturated/α-hetero) is 1. The lowest BCUT2D eigenvalue weighted by Gasteiger charge is -2.37. The Morgan fingerprint density at radius 3 is 2.53 bits per heavy atom. The lowest BCUT2D eigenvalue weighted by Crippen LogP contribution is -2.50. The van der Waals surface area contributed by atoms with Crippen molar-refractivity contribution in [2.24, 2.45) is 0 Å². The Balaban J connectivity index is 2.12. The normalized spacial score (nSPS) is 21.6. The Hall–Kier alpha value is -1.33. The molecule has 1 unspecified atom stereocenters. The molecule has 1 atom stereocenters. The number of piperazine rings is 1. The first-order valence-electron chi connectivity index (χ1n) is 6.35. The van der Waals surface area contributed by atoms with Gasteiger partial charge in [-0.25, -0.2) is 8.78 Å². The van der Waals surface area contributed by atoms with Gasteiger partial charge in [0.2, 0.25) is 0 Å². The van der Waals surface area contributed by atoms with Crippen LogP contribution in [0.15, 0.2) is 18.2 Å². The van der Waals surface area contributed by atoms with Crippen molar-refractivity contribution >= 4 is 5.78 Å². The van der Waals surface area contributed by atoms with Crippen LogP contribution in [0.3, 0.4) is 0 Å². The molecule has 1 heterocycles. The van der Waals surface area contributed by atoms with Crippen molar-refractivity contribution in [1.29, 1.82) is 0 Å². The lowest BCUT2D eigenvalue weighted by molar-refractivity contribution is 0.0803. The fourth-order valence-corrected chi connectivity index (χ4v) is 2.40. The van der Waals surface area contributed by atoms with E-state index in [1.807, 2.05) is 14.1 Å². The van der Waals surface area contributed by atoms with Crippen molar-refractivity contribution in [2.45, 2.75) is 12.5 Å². The van der Waals surface area contributed by atoms with Crippen LogP contribution in [-0.4, -0.2) is 55.4 Å². The fourth-order valence-electron chi connectivity index (χ4n) is 2.40. The Kier molecular flexibility index (Phi) is 4.27. The van der Waals surface area contributed by atoms with Crippen molar-refractivity contribution in [3.05, 3.63) is 35.4 Å². The number of nitrogens with zero attached hydrogens (tertiary/aromatic N) is 2. The van der Waals surface area contributed by atoms with Gasteiger partial charge >= 0.3 is 0 Å². The van der Waals surface area contributed by atoms with Crippen molar-refractivity contribution < 1.29 is 13.6 Å². The van der Waals surface area contributed by atoms with Crippen LogP contribution >= 0.6 is 0 Å². The minimum Gasteiger partial charge on any atom is -0.304 e. The van der Waals surface area contributed by atoms with Gasteiger partial charge in [0.05, 0.1) is 5.56 Å². The first-order valence-corrected chi connectivity index (χ1v) is 6.35. The highest BCUT2D eigenvalue weighted by Gasteiger charge is 2.27. The number of hydrogen-bond acceptors (Lipinski definition) is 3. The Morgan fingerprint density at radius 2 is 1.89 bits per heavy atom. The van der Waals surface area contributed by atoms with Gasteiger partial charge in [0.15, 0.2) is 5.78 Å². The third-order valence-electron chi connectivity index (χ3n) is 3.64. The first-order chi connectivity index (χ1) is 8.99. The van der Waals surface area contributed by atoms with Crippen molar-refractivity contribution in [2.75, 3.05) is 33.7 Å². The highest BCUT2D eigenvalue weighted by Crippen LogP contribution is 2.18. The molecular formula is C14H18F2N2O. The first kappa shape index (κ1) is 14.1. The lowest BCUT2D eigenvalue weighted by atomic mass is 10.0. The summed E-state index contributed by atoms with van der Waals surface area (Å²) in [6, 6.07) is 3.51. The van der Waals surface area contributed by atoms with Crippen LogP contribution in [0.2, 0.25) is 0 Å². The van der Waals surface area contributed by atoms with E-state index in [9.17, 15) is 13.6 Å². The molecule has 1 aliphatic rings. The molecule has 5 heteroatoms. The van der Waals surface area contributed by atoms with E-state index in [0.29, 0.717) is 0 Å². The van der Waals surface area contributed by atoms with Crippen LogP contribution in [0, 0.1) is 11.6 Å². The topological polar surface area (TPSA) is 23.6 Å². The highest BCUT2D eigenvalue weighted by molar-refractivity contribution is 5.97. The maximum absolute atomic E-state index is 13.5. The van der Waals surface area contributed by atoms with E-state index in [4.69, 9.17) is 0 Å². The van der Waals surface area contributed by atoms with Crippen LogP contribution < -0.4 is 0 Å². The van der Waals surface area contributed by atoms with E-state index in [0.717, 1.165) is 31.8 Å². The van der Waals surface area contributed by atoms with Crippen LogP contribution in [-0.2, 0) is 0 Å². The summed E-state index contributed by atoms with van der Waals surface area (Å²) >= 11 is 0. The minimum absolute atomic E-state index is 0.00487. The summed E-state index contributed by atoms with van der Waals surface area (Å²) in [6.45, 7) is 2.53. The molecule has 104 valence electrons. The summed E-state index contributed by atoms with van der Waals surface area (Å²) < 4.78 is 27.1. The average Bonchev–Trinajstić information content (AvgIpc) is 2.33. The van der Waals surface area contributed by atoms with E-state index < -0.39 is 23.0 Å². The second-order valence-electron chi connectivity index (χ2n) is 5.12. The van der Waals surface area contributed by atoms with Gasteiger partial charge in [-0.05, 0) is 26.2 Å². The molecule has 19 heavy (non-hydrogen) atoms. The van der Waals surface area contributed by atoms with Gasteiger partial charge < -0.3 is 9.80 Å². The molecule has 2 rings (SSSR count). The molecule has 0 spiro atoms. The highest BCUT2D eigenvalue weighted by atomic mass is 19.1. The number of hydrogen-bond donors (Lipinski definition) is 0. The molecule has 0 aromatic heterocycles. The van der Waals surface area contributed by atoms with E-state index in [-0.39, 0.29) is 12.5 Å². The van der Waals surface area contributed by atoms with Crippen molar-refractivity contribution in [1.82, 2.24) is 9.80 Å². The zero-order valence-corrected chi connectivity index (χ0v) is 11.2. The van der Waals surface area contributed by atoms with Crippen LogP contribution in [0.5, 0.6) is 0 Å². The van der Waals surface area contributed by atoms with Crippen LogP contribution in [0.4, 0.5) is 8.78 Å². The summed E-state index contributed by atoms with van der Waals surface area (Å²) in [5, 5.41) is 0. The maximum Gasteiger partial charge on any atom is 0.170 e. The van der Waals surface area contributed by atoms with Gasteiger partial charge in [-0.1, -0.05) is 6.07 Å². The van der Waals surface area contributed by atoms with Gasteiger partial charge in [-0.3, -0.25) is 4.79 Å². The van der Waals surface area contributed by atoms with E-state index in [2.05, 4.69) is 9.80 Å². The number of ketones is 1. The Labute approximate surface area is 111 Å². The summed E-state index contributed by atoms with van der Waals surface area (Å²) in [6.07, 6.45) is 0.138. The number of carbonyl (C=O) groups is 1. The number of rotatable bonds is 3. The molecule has 1 fully saturated rings. The summed E-state index contributed by atoms with van der Waals surface area (Å²) in [4.78, 5) is 16.3. The summed E-state index contributed by atoms with van der Waals surface area (Å²) in [5.41, 5.74) is -0.413. The number of halogens is 2. The minimum atomic E-state index is -0.781. The molecule has 3 nitrogen and oxygen atoms in total. The van der Waals surface area contributed by atoms with Crippen molar-refractivity contribution in [3.8, 4) is 0 Å². The molecule has 1 aromatic rings. The summed E-state index contributed by atoms with van der Waals surface area (Å²) in [7, 11) is 3.91. The van der Waals surface area contributed by atoms with Gasteiger partial charge in [-0.2, -0.15) is 0 Å². The van der Waals surface area contributed by atoms with Crippen LogP contribution in [0.1, 0.15) is 16.8 Å². The van der Waals surface area contributed by atoms with Crippen LogP contribution in [0.25, 0.3) is 0 Å². The molecule has 1 aliphatic heterocycles. The molecule has 1 saturated heterocycles. The standard InChI is InChI=1S/C14H18F2N2O/c1-17-6-7-18(2)10(9-17)8-13(19)14-11(15)4-3-5-12(14)16/h3-5,10H,6-9H2,1-2H3. The van der Waals surface area contributed by atoms with Gasteiger partial charge in [0, 0.05) is 32.1 Å². The van der Waals surface area contributed by atoms with Crippen molar-refractivity contribution in [3.63, 3.8) is 0 Å². The van der Waals surface area contributed by atoms with E-state index in [1.165, 1.54) is 6.07 Å². The molecule has 0 aliphatic carbocycles. The maximum atomic E-state index is 13.5. The SMILES string of the molecule is CN1CCN(C)C(CC(=O)c2c(F)cccc2F)C1. The second-order valence-corrected chi connectivity index (χ2v) is 5.12. The number of likely N-dealkylation sites (N-methyl/N-ethyl adjacent to an activating group) is 2. The molecular weight excluding hydrogens is 250 g/mol. The molecule has 0 radical (unpaired) electrons. The van der Waals surface area contributed by atoms with Gasteiger partial charge in [-0.15, -0.1) is 0 Å². The predicted octanol–water partition coefficient (Wildman–Crippen LogP) is 1.78. The third kappa shape index (κ3) is 3.16. The Bertz CT molecular complexity index is 458. The molecule has 1 aromatic carbocycles. The molecule has 0 bridgehead atoms. The van der Waals surface area contributed by atoms with Gasteiger partial charge in [0.25, 0.3) is 0 Å². The van der Waals surface area contributed by atoms with Gasteiger partial charge in [0.1, 0.15) is 11.6 Å². The average molecular weight is 268 g/mol. The third-order valence-corrected chi connectivity index (χ3v) is 3.64. The zero-order valence-electron chi connectivity index (χ0n) is 11.2. The molecule has 0 saturated carbocycles. The number of carbonyl (C=O) groups excluding carboxylic acids is 1. The molecule has 0 N–H and O–H groups in total. The largest absolute Gasteiger partial charge is 0.304 e. The predicted molar refractivity (Wildman–Crippen MR) is 69.2 cm³/mol.